The molecule has 0 aromatic heterocycles. The van der Waals surface area contributed by atoms with Crippen molar-refractivity contribution in [3.63, 3.8) is 0 Å². The van der Waals surface area contributed by atoms with Gasteiger partial charge in [0.25, 0.3) is 5.91 Å². The second-order valence-electron chi connectivity index (χ2n) is 5.94. The number of benzene rings is 2. The Balaban J connectivity index is 1.92. The van der Waals surface area contributed by atoms with Gasteiger partial charge in [0.1, 0.15) is 6.54 Å². The van der Waals surface area contributed by atoms with Crippen molar-refractivity contribution in [1.82, 2.24) is 10.2 Å². The number of aliphatic imine (C=N–C) groups is 1. The zero-order chi connectivity index (χ0) is 16.9. The van der Waals surface area contributed by atoms with Gasteiger partial charge in [-0.15, -0.1) is 0 Å². The largest absolute Gasteiger partial charge is 0.480 e. The molecule has 1 aliphatic heterocycles. The Hall–Kier alpha value is -3.15. The summed E-state index contributed by atoms with van der Waals surface area (Å²) in [4.78, 5) is 30.0. The first-order valence-corrected chi connectivity index (χ1v) is 7.57. The molecule has 1 spiro atoms. The van der Waals surface area contributed by atoms with Gasteiger partial charge in [-0.3, -0.25) is 14.9 Å². The average Bonchev–Trinajstić information content (AvgIpc) is 3.06. The molecule has 1 aliphatic carbocycles. The lowest BCUT2D eigenvalue weighted by molar-refractivity contribution is -0.137. The molecule has 0 unspecified atom stereocenters. The van der Waals surface area contributed by atoms with E-state index in [9.17, 15) is 9.59 Å². The summed E-state index contributed by atoms with van der Waals surface area (Å²) < 4.78 is 0. The van der Waals surface area contributed by atoms with Gasteiger partial charge in [0.15, 0.2) is 5.54 Å². The first-order chi connectivity index (χ1) is 11.5. The normalized spacial score (nSPS) is 16.4. The number of aliphatic carboxylic acids is 1. The maximum absolute atomic E-state index is 12.9. The summed E-state index contributed by atoms with van der Waals surface area (Å²) in [6, 6.07) is 15.4. The molecule has 6 nitrogen and oxygen atoms in total. The van der Waals surface area contributed by atoms with Crippen LogP contribution in [0.5, 0.6) is 0 Å². The number of carboxylic acids is 1. The SMILES string of the molecule is CN(CC(=O)O)C1=NC2(C(=O)N1)c1ccccc1-c1ccccc12. The van der Waals surface area contributed by atoms with Gasteiger partial charge in [0, 0.05) is 18.2 Å². The van der Waals surface area contributed by atoms with Crippen molar-refractivity contribution < 1.29 is 14.7 Å². The first-order valence-electron chi connectivity index (χ1n) is 7.57. The number of carbonyl (C=O) groups excluding carboxylic acids is 1. The summed E-state index contributed by atoms with van der Waals surface area (Å²) in [5, 5.41) is 11.7. The number of guanidine groups is 1. The summed E-state index contributed by atoms with van der Waals surface area (Å²) in [5.41, 5.74) is 2.46. The topological polar surface area (TPSA) is 82.0 Å². The van der Waals surface area contributed by atoms with Gasteiger partial charge in [-0.05, 0) is 11.1 Å². The van der Waals surface area contributed by atoms with Gasteiger partial charge in [0.05, 0.1) is 0 Å². The molecule has 24 heavy (non-hydrogen) atoms. The minimum atomic E-state index is -1.14. The molecule has 2 N–H and O–H groups in total. The maximum Gasteiger partial charge on any atom is 0.323 e. The van der Waals surface area contributed by atoms with E-state index in [1.807, 2.05) is 48.5 Å². The van der Waals surface area contributed by atoms with Crippen molar-refractivity contribution in [3.8, 4) is 11.1 Å². The molecule has 6 heteroatoms. The van der Waals surface area contributed by atoms with E-state index in [0.29, 0.717) is 0 Å². The Morgan fingerprint density at radius 2 is 1.67 bits per heavy atom. The van der Waals surface area contributed by atoms with Crippen LogP contribution in [0, 0.1) is 0 Å². The number of fused-ring (bicyclic) bond motifs is 5. The molecular formula is C18H15N3O3. The van der Waals surface area contributed by atoms with Crippen molar-refractivity contribution in [2.24, 2.45) is 4.99 Å². The standard InChI is InChI=1S/C18H15N3O3/c1-21(10-15(22)23)17-19-16(24)18(20-17)13-8-4-2-6-11(13)12-7-3-5-9-14(12)18/h2-9H,10H2,1H3,(H,22,23)(H,19,20,24). The lowest BCUT2D eigenvalue weighted by Crippen LogP contribution is -2.42. The van der Waals surface area contributed by atoms with Crippen LogP contribution in [0.1, 0.15) is 11.1 Å². The summed E-state index contributed by atoms with van der Waals surface area (Å²) >= 11 is 0. The molecule has 1 amide bonds. The molecule has 0 atom stereocenters. The molecule has 1 heterocycles. The Morgan fingerprint density at radius 1 is 1.12 bits per heavy atom. The predicted molar refractivity (Wildman–Crippen MR) is 88.5 cm³/mol. The first kappa shape index (κ1) is 14.4. The Bertz CT molecular complexity index is 858. The zero-order valence-corrected chi connectivity index (χ0v) is 13.0. The smallest absolute Gasteiger partial charge is 0.323 e. The fourth-order valence-corrected chi connectivity index (χ4v) is 3.47. The molecule has 0 radical (unpaired) electrons. The van der Waals surface area contributed by atoms with Crippen LogP contribution >= 0.6 is 0 Å². The highest BCUT2D eigenvalue weighted by Gasteiger charge is 2.53. The number of hydrogen-bond donors (Lipinski definition) is 2. The van der Waals surface area contributed by atoms with Crippen LogP contribution in [-0.2, 0) is 15.1 Å². The van der Waals surface area contributed by atoms with Crippen LogP contribution in [0.25, 0.3) is 11.1 Å². The molecule has 2 aromatic carbocycles. The van der Waals surface area contributed by atoms with Crippen molar-refractivity contribution in [2.75, 3.05) is 13.6 Å². The third-order valence-corrected chi connectivity index (χ3v) is 4.49. The van der Waals surface area contributed by atoms with E-state index in [4.69, 9.17) is 5.11 Å². The summed E-state index contributed by atoms with van der Waals surface area (Å²) in [6.45, 7) is -0.238. The number of hydrogen-bond acceptors (Lipinski definition) is 4. The molecule has 2 aromatic rings. The number of likely N-dealkylation sites (N-methyl/N-ethyl adjacent to an activating group) is 1. The van der Waals surface area contributed by atoms with Crippen molar-refractivity contribution in [2.45, 2.75) is 5.54 Å². The monoisotopic (exact) mass is 321 g/mol. The van der Waals surface area contributed by atoms with E-state index in [-0.39, 0.29) is 18.4 Å². The van der Waals surface area contributed by atoms with Gasteiger partial charge in [-0.2, -0.15) is 0 Å². The van der Waals surface area contributed by atoms with Crippen LogP contribution in [0.15, 0.2) is 53.5 Å². The van der Waals surface area contributed by atoms with Crippen LogP contribution in [0.2, 0.25) is 0 Å². The molecule has 2 aliphatic rings. The molecule has 0 saturated heterocycles. The number of rotatable bonds is 2. The van der Waals surface area contributed by atoms with Gasteiger partial charge in [-0.1, -0.05) is 48.5 Å². The second-order valence-corrected chi connectivity index (χ2v) is 5.94. The van der Waals surface area contributed by atoms with Crippen LogP contribution in [0.4, 0.5) is 0 Å². The van der Waals surface area contributed by atoms with E-state index in [1.165, 1.54) is 4.90 Å². The Labute approximate surface area is 138 Å². The number of amides is 1. The Kier molecular flexibility index (Phi) is 2.96. The van der Waals surface area contributed by atoms with Crippen LogP contribution < -0.4 is 5.32 Å². The lowest BCUT2D eigenvalue weighted by Gasteiger charge is -2.20. The predicted octanol–water partition coefficient (Wildman–Crippen LogP) is 1.41. The summed E-state index contributed by atoms with van der Waals surface area (Å²) in [5.74, 6) is -0.969. The van der Waals surface area contributed by atoms with Gasteiger partial charge in [-0.25, -0.2) is 4.99 Å². The molecular weight excluding hydrogens is 306 g/mol. The van der Waals surface area contributed by atoms with Crippen molar-refractivity contribution >= 4 is 17.8 Å². The summed E-state index contributed by atoms with van der Waals surface area (Å²) in [7, 11) is 1.60. The minimum Gasteiger partial charge on any atom is -0.480 e. The zero-order valence-electron chi connectivity index (χ0n) is 13.0. The maximum atomic E-state index is 12.9. The molecule has 0 bridgehead atoms. The molecule has 0 saturated carbocycles. The third-order valence-electron chi connectivity index (χ3n) is 4.49. The number of nitrogens with zero attached hydrogens (tertiary/aromatic N) is 2. The van der Waals surface area contributed by atoms with Gasteiger partial charge >= 0.3 is 5.97 Å². The van der Waals surface area contributed by atoms with E-state index in [1.54, 1.807) is 7.05 Å². The average molecular weight is 321 g/mol. The van der Waals surface area contributed by atoms with Crippen LogP contribution in [0.3, 0.4) is 0 Å². The Morgan fingerprint density at radius 3 is 2.21 bits per heavy atom. The fraction of sp³-hybridized carbons (Fsp3) is 0.167. The quantitative estimate of drug-likeness (QED) is 0.876. The van der Waals surface area contributed by atoms with Gasteiger partial charge in [0.2, 0.25) is 5.96 Å². The van der Waals surface area contributed by atoms with Crippen molar-refractivity contribution in [1.29, 1.82) is 0 Å². The van der Waals surface area contributed by atoms with E-state index in [2.05, 4.69) is 10.3 Å². The van der Waals surface area contributed by atoms with Gasteiger partial charge < -0.3 is 10.0 Å². The molecule has 4 rings (SSSR count). The highest BCUT2D eigenvalue weighted by molar-refractivity contribution is 6.13. The highest BCUT2D eigenvalue weighted by atomic mass is 16.4. The van der Waals surface area contributed by atoms with E-state index < -0.39 is 11.5 Å². The van der Waals surface area contributed by atoms with Crippen LogP contribution in [-0.4, -0.2) is 41.4 Å². The van der Waals surface area contributed by atoms with Crippen molar-refractivity contribution in [3.05, 3.63) is 59.7 Å². The van der Waals surface area contributed by atoms with E-state index in [0.717, 1.165) is 22.3 Å². The fourth-order valence-electron chi connectivity index (χ4n) is 3.47. The minimum absolute atomic E-state index is 0.238. The van der Waals surface area contributed by atoms with E-state index >= 15 is 0 Å². The second kappa shape index (κ2) is 4.92. The number of nitrogens with one attached hydrogen (secondary N) is 1. The molecule has 0 fully saturated rings. The highest BCUT2D eigenvalue weighted by Crippen LogP contribution is 2.51. The third kappa shape index (κ3) is 1.79. The lowest BCUT2D eigenvalue weighted by atomic mass is 9.88. The number of carbonyl (C=O) groups is 2. The molecule has 120 valence electrons. The number of carboxylic acid groups (broad SMARTS) is 1. The summed E-state index contributed by atoms with van der Waals surface area (Å²) in [6.07, 6.45) is 0.